The van der Waals surface area contributed by atoms with E-state index in [1.807, 2.05) is 0 Å². The second-order valence-corrected chi connectivity index (χ2v) is 5.06. The number of nitrogens with two attached hydrogens (primary N) is 1. The first-order chi connectivity index (χ1) is 9.88. The molecule has 106 valence electrons. The van der Waals surface area contributed by atoms with Gasteiger partial charge in [-0.3, -0.25) is 0 Å². The molecule has 20 heavy (non-hydrogen) atoms. The standard InChI is InChI=1S/C18H23NO/c1-19-13-5-6-14-20-18-11-9-17(10-12-18)15-16-7-3-2-4-8-16/h2-4,7-12,19H,5-6,13-15H2,1H3/p+1. The van der Waals surface area contributed by atoms with Crippen molar-refractivity contribution in [1.82, 2.24) is 0 Å². The van der Waals surface area contributed by atoms with Crippen molar-refractivity contribution >= 4 is 0 Å². The summed E-state index contributed by atoms with van der Waals surface area (Å²) in [4.78, 5) is 0. The van der Waals surface area contributed by atoms with Gasteiger partial charge in [0.2, 0.25) is 0 Å². The predicted octanol–water partition coefficient (Wildman–Crippen LogP) is 2.63. The average molecular weight is 270 g/mol. The lowest BCUT2D eigenvalue weighted by atomic mass is 10.1. The van der Waals surface area contributed by atoms with Crippen LogP contribution in [0, 0.1) is 0 Å². The highest BCUT2D eigenvalue weighted by Crippen LogP contribution is 2.15. The molecule has 0 unspecified atom stereocenters. The van der Waals surface area contributed by atoms with E-state index in [0.29, 0.717) is 0 Å². The van der Waals surface area contributed by atoms with Gasteiger partial charge in [0.05, 0.1) is 20.2 Å². The quantitative estimate of drug-likeness (QED) is 0.733. The molecule has 2 heteroatoms. The van der Waals surface area contributed by atoms with Gasteiger partial charge < -0.3 is 10.1 Å². The lowest BCUT2D eigenvalue weighted by Gasteiger charge is -2.07. The van der Waals surface area contributed by atoms with Crippen LogP contribution >= 0.6 is 0 Å². The fourth-order valence-corrected chi connectivity index (χ4v) is 2.18. The molecule has 2 nitrogen and oxygen atoms in total. The van der Waals surface area contributed by atoms with Crippen LogP contribution in [0.3, 0.4) is 0 Å². The second kappa shape index (κ2) is 8.39. The molecule has 0 amide bonds. The Labute approximate surface area is 121 Å². The average Bonchev–Trinajstić information content (AvgIpc) is 2.50. The van der Waals surface area contributed by atoms with Crippen molar-refractivity contribution in [2.45, 2.75) is 19.3 Å². The summed E-state index contributed by atoms with van der Waals surface area (Å²) in [6.45, 7) is 1.99. The summed E-state index contributed by atoms with van der Waals surface area (Å²) < 4.78 is 5.74. The van der Waals surface area contributed by atoms with Crippen LogP contribution in [-0.4, -0.2) is 20.2 Å². The number of ether oxygens (including phenoxy) is 1. The number of benzene rings is 2. The Hall–Kier alpha value is -1.80. The van der Waals surface area contributed by atoms with Gasteiger partial charge in [-0.1, -0.05) is 42.5 Å². The van der Waals surface area contributed by atoms with E-state index in [4.69, 9.17) is 4.74 Å². The molecule has 2 aromatic carbocycles. The van der Waals surface area contributed by atoms with Crippen LogP contribution in [0.25, 0.3) is 0 Å². The largest absolute Gasteiger partial charge is 0.494 e. The van der Waals surface area contributed by atoms with Crippen LogP contribution in [0.1, 0.15) is 24.0 Å². The van der Waals surface area contributed by atoms with E-state index in [2.05, 4.69) is 67.0 Å². The highest BCUT2D eigenvalue weighted by Gasteiger charge is 1.98. The summed E-state index contributed by atoms with van der Waals surface area (Å²) in [6.07, 6.45) is 3.31. The van der Waals surface area contributed by atoms with Gasteiger partial charge in [0.25, 0.3) is 0 Å². The fraction of sp³-hybridized carbons (Fsp3) is 0.333. The van der Waals surface area contributed by atoms with Crippen LogP contribution in [0.15, 0.2) is 54.6 Å². The normalized spacial score (nSPS) is 10.4. The van der Waals surface area contributed by atoms with Crippen LogP contribution in [-0.2, 0) is 6.42 Å². The molecule has 0 saturated carbocycles. The Balaban J connectivity index is 1.78. The first-order valence-electron chi connectivity index (χ1n) is 7.42. The van der Waals surface area contributed by atoms with Crippen molar-refractivity contribution in [1.29, 1.82) is 0 Å². The maximum absolute atomic E-state index is 5.74. The van der Waals surface area contributed by atoms with Gasteiger partial charge >= 0.3 is 0 Å². The molecular formula is C18H24NO+. The van der Waals surface area contributed by atoms with Crippen LogP contribution in [0.5, 0.6) is 5.75 Å². The van der Waals surface area contributed by atoms with Crippen LogP contribution < -0.4 is 10.1 Å². The van der Waals surface area contributed by atoms with Crippen molar-refractivity contribution in [3.8, 4) is 5.75 Å². The Morgan fingerprint density at radius 1 is 0.850 bits per heavy atom. The zero-order chi connectivity index (χ0) is 14.0. The Morgan fingerprint density at radius 2 is 1.55 bits per heavy atom. The molecule has 0 aliphatic heterocycles. The van der Waals surface area contributed by atoms with Gasteiger partial charge in [0.1, 0.15) is 5.75 Å². The molecule has 0 aliphatic carbocycles. The van der Waals surface area contributed by atoms with E-state index < -0.39 is 0 Å². The SMILES string of the molecule is C[NH2+]CCCCOc1ccc(Cc2ccccc2)cc1. The van der Waals surface area contributed by atoms with Gasteiger partial charge in [0, 0.05) is 0 Å². The van der Waals surface area contributed by atoms with Crippen molar-refractivity contribution in [2.24, 2.45) is 0 Å². The van der Waals surface area contributed by atoms with E-state index in [9.17, 15) is 0 Å². The lowest BCUT2D eigenvalue weighted by Crippen LogP contribution is -2.79. The third-order valence-corrected chi connectivity index (χ3v) is 3.33. The van der Waals surface area contributed by atoms with Crippen LogP contribution in [0.4, 0.5) is 0 Å². The highest BCUT2D eigenvalue weighted by atomic mass is 16.5. The summed E-state index contributed by atoms with van der Waals surface area (Å²) in [5.74, 6) is 0.974. The van der Waals surface area contributed by atoms with E-state index in [1.54, 1.807) is 0 Å². The molecule has 2 aromatic rings. The first-order valence-corrected chi connectivity index (χ1v) is 7.42. The van der Waals surface area contributed by atoms with E-state index in [1.165, 1.54) is 24.1 Å². The van der Waals surface area contributed by atoms with Gasteiger partial charge in [0.15, 0.2) is 0 Å². The summed E-state index contributed by atoms with van der Waals surface area (Å²) in [6, 6.07) is 19.0. The number of unbranched alkanes of at least 4 members (excludes halogenated alkanes) is 1. The number of hydrogen-bond donors (Lipinski definition) is 1. The second-order valence-electron chi connectivity index (χ2n) is 5.06. The molecule has 0 saturated heterocycles. The number of rotatable bonds is 8. The first kappa shape index (κ1) is 14.6. The molecule has 0 aliphatic rings. The Morgan fingerprint density at radius 3 is 2.25 bits per heavy atom. The molecule has 0 aromatic heterocycles. The molecule has 0 radical (unpaired) electrons. The fourth-order valence-electron chi connectivity index (χ4n) is 2.18. The zero-order valence-corrected chi connectivity index (χ0v) is 12.2. The minimum Gasteiger partial charge on any atom is -0.494 e. The van der Waals surface area contributed by atoms with Crippen LogP contribution in [0.2, 0.25) is 0 Å². The minimum absolute atomic E-state index is 0.811. The van der Waals surface area contributed by atoms with Gasteiger partial charge in [-0.2, -0.15) is 0 Å². The topological polar surface area (TPSA) is 25.8 Å². The van der Waals surface area contributed by atoms with E-state index in [0.717, 1.165) is 25.2 Å². The summed E-state index contributed by atoms with van der Waals surface area (Å²) in [7, 11) is 2.10. The summed E-state index contributed by atoms with van der Waals surface area (Å²) >= 11 is 0. The Bertz CT molecular complexity index is 479. The van der Waals surface area contributed by atoms with Gasteiger partial charge in [-0.15, -0.1) is 0 Å². The molecule has 0 atom stereocenters. The highest BCUT2D eigenvalue weighted by molar-refractivity contribution is 5.31. The number of hydrogen-bond acceptors (Lipinski definition) is 1. The molecule has 0 bridgehead atoms. The number of quaternary nitrogens is 1. The van der Waals surface area contributed by atoms with E-state index >= 15 is 0 Å². The van der Waals surface area contributed by atoms with E-state index in [-0.39, 0.29) is 0 Å². The summed E-state index contributed by atoms with van der Waals surface area (Å²) in [5.41, 5.74) is 2.67. The smallest absolute Gasteiger partial charge is 0.119 e. The van der Waals surface area contributed by atoms with Crippen molar-refractivity contribution in [3.63, 3.8) is 0 Å². The van der Waals surface area contributed by atoms with Gasteiger partial charge in [-0.05, 0) is 42.5 Å². The third-order valence-electron chi connectivity index (χ3n) is 3.33. The predicted molar refractivity (Wildman–Crippen MR) is 83.1 cm³/mol. The third kappa shape index (κ3) is 5.06. The monoisotopic (exact) mass is 270 g/mol. The van der Waals surface area contributed by atoms with Crippen molar-refractivity contribution < 1.29 is 10.1 Å². The van der Waals surface area contributed by atoms with Gasteiger partial charge in [-0.25, -0.2) is 0 Å². The maximum Gasteiger partial charge on any atom is 0.119 e. The Kier molecular flexibility index (Phi) is 6.12. The van der Waals surface area contributed by atoms with Crippen molar-refractivity contribution in [3.05, 3.63) is 65.7 Å². The molecule has 2 N–H and O–H groups in total. The minimum atomic E-state index is 0.811. The summed E-state index contributed by atoms with van der Waals surface area (Å²) in [5, 5.41) is 2.21. The molecular weight excluding hydrogens is 246 g/mol. The molecule has 0 spiro atoms. The molecule has 0 heterocycles. The lowest BCUT2D eigenvalue weighted by molar-refractivity contribution is -0.627. The maximum atomic E-state index is 5.74. The zero-order valence-electron chi connectivity index (χ0n) is 12.2. The molecule has 0 fully saturated rings. The molecule has 2 rings (SSSR count). The van der Waals surface area contributed by atoms with Crippen molar-refractivity contribution in [2.75, 3.05) is 20.2 Å².